The van der Waals surface area contributed by atoms with Gasteiger partial charge < -0.3 is 15.4 Å². The zero-order chi connectivity index (χ0) is 15.4. The average molecular weight is 323 g/mol. The summed E-state index contributed by atoms with van der Waals surface area (Å²) in [5.41, 5.74) is 1.02. The van der Waals surface area contributed by atoms with E-state index in [1.165, 1.54) is 12.8 Å². The molecule has 2 N–H and O–H groups in total. The Morgan fingerprint density at radius 2 is 2.36 bits per heavy atom. The Bertz CT molecular complexity index is 529. The van der Waals surface area contributed by atoms with E-state index in [2.05, 4.69) is 10.6 Å². The van der Waals surface area contributed by atoms with E-state index < -0.39 is 0 Å². The quantitative estimate of drug-likeness (QED) is 0.895. The molecule has 1 saturated heterocycles. The molecule has 0 radical (unpaired) electrons. The van der Waals surface area contributed by atoms with Crippen LogP contribution in [-0.2, 0) is 11.2 Å². The Kier molecular flexibility index (Phi) is 5.21. The highest BCUT2D eigenvalue weighted by atomic mass is 35.5. The fraction of sp³-hybridized carbons (Fsp3) is 0.588. The molecule has 0 saturated carbocycles. The van der Waals surface area contributed by atoms with E-state index >= 15 is 0 Å². The van der Waals surface area contributed by atoms with Crippen molar-refractivity contribution in [3.8, 4) is 5.75 Å². The molecule has 0 aliphatic carbocycles. The van der Waals surface area contributed by atoms with Gasteiger partial charge in [0.05, 0.1) is 5.92 Å². The van der Waals surface area contributed by atoms with Gasteiger partial charge in [0.15, 0.2) is 0 Å². The minimum Gasteiger partial charge on any atom is -0.492 e. The van der Waals surface area contributed by atoms with Gasteiger partial charge in [0.2, 0.25) is 5.91 Å². The summed E-state index contributed by atoms with van der Waals surface area (Å²) in [6.45, 7) is 3.41. The predicted octanol–water partition coefficient (Wildman–Crippen LogP) is 2.40. The van der Waals surface area contributed by atoms with Gasteiger partial charge in [-0.1, -0.05) is 11.6 Å². The Labute approximate surface area is 136 Å². The van der Waals surface area contributed by atoms with Crippen molar-refractivity contribution in [2.24, 2.45) is 11.8 Å². The van der Waals surface area contributed by atoms with Crippen LogP contribution >= 0.6 is 11.6 Å². The lowest BCUT2D eigenvalue weighted by Crippen LogP contribution is -2.39. The largest absolute Gasteiger partial charge is 0.492 e. The van der Waals surface area contributed by atoms with Crippen LogP contribution in [-0.4, -0.2) is 32.1 Å². The minimum absolute atomic E-state index is 0.0920. The van der Waals surface area contributed by atoms with Crippen LogP contribution < -0.4 is 15.4 Å². The van der Waals surface area contributed by atoms with Gasteiger partial charge in [0, 0.05) is 11.6 Å². The molecular weight excluding hydrogens is 300 g/mol. The second-order valence-electron chi connectivity index (χ2n) is 6.26. The topological polar surface area (TPSA) is 50.4 Å². The van der Waals surface area contributed by atoms with Crippen molar-refractivity contribution in [3.05, 3.63) is 28.8 Å². The van der Waals surface area contributed by atoms with Gasteiger partial charge in [-0.2, -0.15) is 0 Å². The molecule has 0 spiro atoms. The normalized spacial score (nSPS) is 24.2. The Hall–Kier alpha value is -1.26. The number of ether oxygens (including phenoxy) is 1. The smallest absolute Gasteiger partial charge is 0.226 e. The number of hydrogen-bond donors (Lipinski definition) is 2. The van der Waals surface area contributed by atoms with E-state index in [0.29, 0.717) is 24.0 Å². The maximum atomic E-state index is 12.3. The van der Waals surface area contributed by atoms with Gasteiger partial charge in [0.25, 0.3) is 0 Å². The van der Waals surface area contributed by atoms with Crippen LogP contribution in [0.25, 0.3) is 0 Å². The molecule has 2 heterocycles. The van der Waals surface area contributed by atoms with E-state index in [4.69, 9.17) is 16.3 Å². The lowest BCUT2D eigenvalue weighted by molar-refractivity contribution is -0.126. The van der Waals surface area contributed by atoms with Gasteiger partial charge in [-0.3, -0.25) is 4.79 Å². The van der Waals surface area contributed by atoms with Crippen molar-refractivity contribution < 1.29 is 9.53 Å². The van der Waals surface area contributed by atoms with E-state index in [1.807, 2.05) is 18.2 Å². The highest BCUT2D eigenvalue weighted by molar-refractivity contribution is 6.30. The number of fused-ring (bicyclic) bond motifs is 1. The van der Waals surface area contributed by atoms with Crippen LogP contribution in [0.4, 0.5) is 0 Å². The third kappa shape index (κ3) is 3.93. The van der Waals surface area contributed by atoms with E-state index in [9.17, 15) is 4.79 Å². The molecule has 120 valence electrons. The molecule has 2 unspecified atom stereocenters. The van der Waals surface area contributed by atoms with Crippen molar-refractivity contribution in [2.45, 2.75) is 25.7 Å². The highest BCUT2D eigenvalue weighted by Gasteiger charge is 2.26. The number of benzene rings is 1. The maximum Gasteiger partial charge on any atom is 0.226 e. The standard InChI is InChI=1S/C17H23ClN2O2/c18-15-3-4-16-13(9-15)8-14(11-22-16)17(21)20-7-5-12-2-1-6-19-10-12/h3-4,9,12,14,19H,1-2,5-8,10-11H2,(H,20,21). The Balaban J connectivity index is 1.46. The van der Waals surface area contributed by atoms with E-state index in [0.717, 1.165) is 37.4 Å². The molecule has 2 aliphatic heterocycles. The lowest BCUT2D eigenvalue weighted by Gasteiger charge is -2.26. The lowest BCUT2D eigenvalue weighted by atomic mass is 9.95. The molecular formula is C17H23ClN2O2. The summed E-state index contributed by atoms with van der Waals surface area (Å²) in [7, 11) is 0. The molecule has 1 aromatic rings. The number of piperidine rings is 1. The van der Waals surface area contributed by atoms with Crippen LogP contribution in [0.1, 0.15) is 24.8 Å². The van der Waals surface area contributed by atoms with E-state index in [-0.39, 0.29) is 11.8 Å². The molecule has 1 aromatic carbocycles. The highest BCUT2D eigenvalue weighted by Crippen LogP contribution is 2.29. The van der Waals surface area contributed by atoms with Gasteiger partial charge >= 0.3 is 0 Å². The van der Waals surface area contributed by atoms with Crippen molar-refractivity contribution >= 4 is 17.5 Å². The Morgan fingerprint density at radius 3 is 3.18 bits per heavy atom. The number of hydrogen-bond acceptors (Lipinski definition) is 3. The van der Waals surface area contributed by atoms with Crippen LogP contribution in [0.3, 0.4) is 0 Å². The summed E-state index contributed by atoms with van der Waals surface area (Å²) < 4.78 is 5.68. The first-order valence-electron chi connectivity index (χ1n) is 8.12. The van der Waals surface area contributed by atoms with Gasteiger partial charge in [0.1, 0.15) is 12.4 Å². The van der Waals surface area contributed by atoms with E-state index in [1.54, 1.807) is 0 Å². The van der Waals surface area contributed by atoms with Gasteiger partial charge in [-0.15, -0.1) is 0 Å². The molecule has 1 amide bonds. The van der Waals surface area contributed by atoms with Crippen molar-refractivity contribution in [3.63, 3.8) is 0 Å². The number of amides is 1. The molecule has 5 heteroatoms. The van der Waals surface area contributed by atoms with Crippen molar-refractivity contribution in [1.82, 2.24) is 10.6 Å². The first-order chi connectivity index (χ1) is 10.7. The van der Waals surface area contributed by atoms with Crippen LogP contribution in [0, 0.1) is 11.8 Å². The van der Waals surface area contributed by atoms with Gasteiger partial charge in [-0.25, -0.2) is 0 Å². The molecule has 2 aliphatic rings. The first-order valence-corrected chi connectivity index (χ1v) is 8.50. The number of carbonyl (C=O) groups is 1. The molecule has 4 nitrogen and oxygen atoms in total. The molecule has 1 fully saturated rings. The monoisotopic (exact) mass is 322 g/mol. The fourth-order valence-electron chi connectivity index (χ4n) is 3.25. The first kappa shape index (κ1) is 15.6. The summed E-state index contributed by atoms with van der Waals surface area (Å²) in [6.07, 6.45) is 4.26. The summed E-state index contributed by atoms with van der Waals surface area (Å²) >= 11 is 6.01. The molecule has 22 heavy (non-hydrogen) atoms. The van der Waals surface area contributed by atoms with Crippen LogP contribution in [0.15, 0.2) is 18.2 Å². The fourth-order valence-corrected chi connectivity index (χ4v) is 3.44. The third-order valence-corrected chi connectivity index (χ3v) is 4.79. The molecule has 2 atom stereocenters. The zero-order valence-electron chi connectivity index (χ0n) is 12.7. The summed E-state index contributed by atoms with van der Waals surface area (Å²) in [5, 5.41) is 7.16. The van der Waals surface area contributed by atoms with Crippen molar-refractivity contribution in [1.29, 1.82) is 0 Å². The second-order valence-corrected chi connectivity index (χ2v) is 6.69. The van der Waals surface area contributed by atoms with Crippen LogP contribution in [0.2, 0.25) is 5.02 Å². The summed E-state index contributed by atoms with van der Waals surface area (Å²) in [4.78, 5) is 12.3. The Morgan fingerprint density at radius 1 is 1.45 bits per heavy atom. The molecule has 0 aromatic heterocycles. The SMILES string of the molecule is O=C(NCCC1CCCNC1)C1COc2ccc(Cl)cc2C1. The summed E-state index contributed by atoms with van der Waals surface area (Å²) in [6, 6.07) is 5.59. The maximum absolute atomic E-state index is 12.3. The molecule has 0 bridgehead atoms. The third-order valence-electron chi connectivity index (χ3n) is 4.55. The van der Waals surface area contributed by atoms with Gasteiger partial charge in [-0.05, 0) is 68.5 Å². The zero-order valence-corrected chi connectivity index (χ0v) is 13.5. The predicted molar refractivity (Wildman–Crippen MR) is 87.4 cm³/mol. The van der Waals surface area contributed by atoms with Crippen LogP contribution in [0.5, 0.6) is 5.75 Å². The molecule has 3 rings (SSSR count). The number of nitrogens with one attached hydrogen (secondary N) is 2. The number of carbonyl (C=O) groups excluding carboxylic acids is 1. The average Bonchev–Trinajstić information content (AvgIpc) is 2.55. The summed E-state index contributed by atoms with van der Waals surface area (Å²) in [5.74, 6) is 1.52. The minimum atomic E-state index is -0.115. The number of halogens is 1. The van der Waals surface area contributed by atoms with Crippen molar-refractivity contribution in [2.75, 3.05) is 26.2 Å². The number of rotatable bonds is 4. The second kappa shape index (κ2) is 7.34.